The second-order valence-corrected chi connectivity index (χ2v) is 6.47. The van der Waals surface area contributed by atoms with Crippen molar-refractivity contribution >= 4 is 27.5 Å². The molecule has 1 aliphatic heterocycles. The number of ether oxygens (including phenoxy) is 1. The van der Waals surface area contributed by atoms with Crippen molar-refractivity contribution in [3.05, 3.63) is 33.0 Å². The van der Waals surface area contributed by atoms with Gasteiger partial charge in [-0.05, 0) is 53.7 Å². The van der Waals surface area contributed by atoms with Crippen LogP contribution in [0.25, 0.3) is 0 Å². The summed E-state index contributed by atoms with van der Waals surface area (Å²) in [5, 5.41) is 3.59. The standard InChI is InChI=1S/C15H20BrClFNO/c1-2-6-19-13(8-10-5-7-20-9-10)11-3-4-12(16)14(17)15(11)18/h3-4,10,13,19H,2,5-9H2,1H3. The molecule has 20 heavy (non-hydrogen) atoms. The van der Waals surface area contributed by atoms with Crippen LogP contribution < -0.4 is 5.32 Å². The number of hydrogen-bond donors (Lipinski definition) is 1. The van der Waals surface area contributed by atoms with Crippen LogP contribution in [-0.4, -0.2) is 19.8 Å². The first-order valence-corrected chi connectivity index (χ1v) is 8.25. The molecule has 1 aromatic carbocycles. The first-order valence-electron chi connectivity index (χ1n) is 7.08. The average molecular weight is 365 g/mol. The SMILES string of the molecule is CCCNC(CC1CCOC1)c1ccc(Br)c(Cl)c1F. The Morgan fingerprint density at radius 3 is 3.00 bits per heavy atom. The fourth-order valence-electron chi connectivity index (χ4n) is 2.55. The van der Waals surface area contributed by atoms with Gasteiger partial charge in [-0.1, -0.05) is 24.6 Å². The predicted octanol–water partition coefficient (Wildman–Crippen LogP) is 4.71. The lowest BCUT2D eigenvalue weighted by Crippen LogP contribution is -2.25. The number of halogens is 3. The second-order valence-electron chi connectivity index (χ2n) is 5.24. The van der Waals surface area contributed by atoms with E-state index in [0.29, 0.717) is 16.0 Å². The highest BCUT2D eigenvalue weighted by Crippen LogP contribution is 2.34. The quantitative estimate of drug-likeness (QED) is 0.738. The van der Waals surface area contributed by atoms with Gasteiger partial charge in [0.15, 0.2) is 0 Å². The highest BCUT2D eigenvalue weighted by molar-refractivity contribution is 9.10. The predicted molar refractivity (Wildman–Crippen MR) is 83.7 cm³/mol. The molecule has 1 aliphatic rings. The monoisotopic (exact) mass is 363 g/mol. The van der Waals surface area contributed by atoms with Crippen molar-refractivity contribution in [2.24, 2.45) is 5.92 Å². The van der Waals surface area contributed by atoms with E-state index >= 15 is 0 Å². The first-order chi connectivity index (χ1) is 9.63. The lowest BCUT2D eigenvalue weighted by molar-refractivity contribution is 0.181. The molecule has 5 heteroatoms. The third-order valence-electron chi connectivity index (χ3n) is 3.67. The van der Waals surface area contributed by atoms with Crippen LogP contribution in [0, 0.1) is 11.7 Å². The van der Waals surface area contributed by atoms with E-state index < -0.39 is 0 Å². The van der Waals surface area contributed by atoms with E-state index in [1.807, 2.05) is 12.1 Å². The zero-order valence-corrected chi connectivity index (χ0v) is 13.9. The van der Waals surface area contributed by atoms with E-state index in [1.165, 1.54) is 0 Å². The highest BCUT2D eigenvalue weighted by Gasteiger charge is 2.24. The molecule has 1 saturated heterocycles. The number of hydrogen-bond acceptors (Lipinski definition) is 2. The van der Waals surface area contributed by atoms with Crippen molar-refractivity contribution in [2.75, 3.05) is 19.8 Å². The Bertz CT molecular complexity index is 452. The van der Waals surface area contributed by atoms with Crippen molar-refractivity contribution in [2.45, 2.75) is 32.2 Å². The van der Waals surface area contributed by atoms with Crippen molar-refractivity contribution in [3.8, 4) is 0 Å². The van der Waals surface area contributed by atoms with Crippen molar-refractivity contribution < 1.29 is 9.13 Å². The van der Waals surface area contributed by atoms with E-state index in [0.717, 1.165) is 39.0 Å². The van der Waals surface area contributed by atoms with Gasteiger partial charge in [-0.25, -0.2) is 4.39 Å². The molecule has 1 fully saturated rings. The minimum absolute atomic E-state index is 0.00718. The zero-order valence-electron chi connectivity index (χ0n) is 11.6. The third-order valence-corrected chi connectivity index (χ3v) is 4.93. The van der Waals surface area contributed by atoms with E-state index in [2.05, 4.69) is 28.2 Å². The summed E-state index contributed by atoms with van der Waals surface area (Å²) < 4.78 is 20.4. The van der Waals surface area contributed by atoms with Gasteiger partial charge in [0.25, 0.3) is 0 Å². The molecule has 112 valence electrons. The van der Waals surface area contributed by atoms with Gasteiger partial charge < -0.3 is 10.1 Å². The van der Waals surface area contributed by atoms with Crippen LogP contribution in [0.5, 0.6) is 0 Å². The van der Waals surface area contributed by atoms with Crippen molar-refractivity contribution in [1.29, 1.82) is 0 Å². The van der Waals surface area contributed by atoms with Gasteiger partial charge in [0.05, 0.1) is 5.02 Å². The highest BCUT2D eigenvalue weighted by atomic mass is 79.9. The Kier molecular flexibility index (Phi) is 6.27. The summed E-state index contributed by atoms with van der Waals surface area (Å²) in [7, 11) is 0. The lowest BCUT2D eigenvalue weighted by Gasteiger charge is -2.23. The van der Waals surface area contributed by atoms with Crippen LogP contribution in [-0.2, 0) is 4.74 Å². The fourth-order valence-corrected chi connectivity index (χ4v) is 3.03. The normalized spacial score (nSPS) is 20.3. The minimum Gasteiger partial charge on any atom is -0.381 e. The Balaban J connectivity index is 2.18. The molecule has 0 aromatic heterocycles. The van der Waals surface area contributed by atoms with E-state index in [4.69, 9.17) is 16.3 Å². The maximum atomic E-state index is 14.4. The summed E-state index contributed by atoms with van der Waals surface area (Å²) in [6.07, 6.45) is 2.95. The molecule has 0 amide bonds. The third kappa shape index (κ3) is 3.94. The summed E-state index contributed by atoms with van der Waals surface area (Å²) in [6, 6.07) is 3.62. The molecule has 2 nitrogen and oxygen atoms in total. The van der Waals surface area contributed by atoms with Gasteiger partial charge in [-0.3, -0.25) is 0 Å². The molecule has 1 N–H and O–H groups in total. The van der Waals surface area contributed by atoms with Crippen LogP contribution in [0.3, 0.4) is 0 Å². The van der Waals surface area contributed by atoms with Gasteiger partial charge in [-0.2, -0.15) is 0 Å². The molecular formula is C15H20BrClFNO. The Morgan fingerprint density at radius 2 is 2.35 bits per heavy atom. The Labute approximate surface area is 133 Å². The molecule has 0 saturated carbocycles. The minimum atomic E-state index is -0.325. The maximum Gasteiger partial charge on any atom is 0.147 e. The molecule has 0 radical (unpaired) electrons. The zero-order chi connectivity index (χ0) is 14.5. The van der Waals surface area contributed by atoms with E-state index in [9.17, 15) is 4.39 Å². The van der Waals surface area contributed by atoms with Crippen molar-refractivity contribution in [1.82, 2.24) is 5.32 Å². The first kappa shape index (κ1) is 16.2. The molecule has 0 bridgehead atoms. The van der Waals surface area contributed by atoms with Gasteiger partial charge in [0, 0.05) is 29.3 Å². The molecule has 1 aromatic rings. The summed E-state index contributed by atoms with van der Waals surface area (Å²) in [4.78, 5) is 0. The average Bonchev–Trinajstić information content (AvgIpc) is 2.94. The molecule has 0 aliphatic carbocycles. The molecule has 1 heterocycles. The van der Waals surface area contributed by atoms with Gasteiger partial charge in [0.1, 0.15) is 5.82 Å². The summed E-state index contributed by atoms with van der Waals surface area (Å²) in [5.41, 5.74) is 0.651. The van der Waals surface area contributed by atoms with Crippen LogP contribution in [0.15, 0.2) is 16.6 Å². The molecular weight excluding hydrogens is 345 g/mol. The smallest absolute Gasteiger partial charge is 0.147 e. The number of rotatable bonds is 6. The lowest BCUT2D eigenvalue weighted by atomic mass is 9.93. The Hall–Kier alpha value is -0.160. The van der Waals surface area contributed by atoms with E-state index in [-0.39, 0.29) is 16.9 Å². The molecule has 0 spiro atoms. The summed E-state index contributed by atoms with van der Waals surface area (Å²) in [6.45, 7) is 4.56. The largest absolute Gasteiger partial charge is 0.381 e. The van der Waals surface area contributed by atoms with Gasteiger partial charge >= 0.3 is 0 Å². The second kappa shape index (κ2) is 7.74. The van der Waals surface area contributed by atoms with Gasteiger partial charge in [-0.15, -0.1) is 0 Å². The molecule has 2 atom stereocenters. The molecule has 2 unspecified atom stereocenters. The topological polar surface area (TPSA) is 21.3 Å². The van der Waals surface area contributed by atoms with Crippen LogP contribution in [0.4, 0.5) is 4.39 Å². The van der Waals surface area contributed by atoms with Crippen LogP contribution in [0.2, 0.25) is 5.02 Å². The fraction of sp³-hybridized carbons (Fsp3) is 0.600. The Morgan fingerprint density at radius 1 is 1.55 bits per heavy atom. The maximum absolute atomic E-state index is 14.4. The summed E-state index contributed by atoms with van der Waals surface area (Å²) in [5.74, 6) is 0.166. The van der Waals surface area contributed by atoms with Crippen LogP contribution >= 0.6 is 27.5 Å². The van der Waals surface area contributed by atoms with Gasteiger partial charge in [0.2, 0.25) is 0 Å². The molecule has 2 rings (SSSR count). The van der Waals surface area contributed by atoms with Crippen molar-refractivity contribution in [3.63, 3.8) is 0 Å². The van der Waals surface area contributed by atoms with E-state index in [1.54, 1.807) is 0 Å². The summed E-state index contributed by atoms with van der Waals surface area (Å²) >= 11 is 9.26. The van der Waals surface area contributed by atoms with Crippen LogP contribution in [0.1, 0.15) is 37.8 Å². The number of nitrogens with one attached hydrogen (secondary N) is 1. The number of benzene rings is 1.